The number of anilines is 1. The van der Waals surface area contributed by atoms with E-state index in [1.165, 1.54) is 11.3 Å². The molecule has 1 saturated heterocycles. The molecule has 2 aromatic carbocycles. The van der Waals surface area contributed by atoms with E-state index in [2.05, 4.69) is 10.3 Å². The fourth-order valence-corrected chi connectivity index (χ4v) is 4.05. The number of carbonyl (C=O) groups excluding carboxylic acids is 1. The average Bonchev–Trinajstić information content (AvgIpc) is 3.41. The number of aromatic nitrogens is 1. The number of carbonyl (C=O) groups is 1. The molecule has 1 aliphatic heterocycles. The van der Waals surface area contributed by atoms with E-state index in [9.17, 15) is 4.79 Å². The van der Waals surface area contributed by atoms with Crippen LogP contribution in [0, 0.1) is 0 Å². The summed E-state index contributed by atoms with van der Waals surface area (Å²) in [5.41, 5.74) is 1.71. The van der Waals surface area contributed by atoms with Crippen molar-refractivity contribution in [2.45, 2.75) is 25.4 Å². The third-order valence-electron chi connectivity index (χ3n) is 4.64. The van der Waals surface area contributed by atoms with E-state index in [4.69, 9.17) is 21.1 Å². The van der Waals surface area contributed by atoms with Gasteiger partial charge in [0, 0.05) is 34.7 Å². The molecule has 1 fully saturated rings. The van der Waals surface area contributed by atoms with Gasteiger partial charge in [-0.25, -0.2) is 4.98 Å². The molecule has 0 bridgehead atoms. The first-order valence-electron chi connectivity index (χ1n) is 9.51. The summed E-state index contributed by atoms with van der Waals surface area (Å²) < 4.78 is 11.3. The molecule has 1 unspecified atom stereocenters. The second-order valence-corrected chi connectivity index (χ2v) is 8.41. The summed E-state index contributed by atoms with van der Waals surface area (Å²) >= 11 is 7.39. The van der Waals surface area contributed by atoms with Crippen molar-refractivity contribution >= 4 is 34.0 Å². The molecule has 29 heavy (non-hydrogen) atoms. The third-order valence-corrected chi connectivity index (χ3v) is 5.81. The number of nitrogens with zero attached hydrogens (tertiary/aromatic N) is 1. The van der Waals surface area contributed by atoms with E-state index in [1.54, 1.807) is 30.5 Å². The first-order chi connectivity index (χ1) is 14.2. The van der Waals surface area contributed by atoms with Crippen LogP contribution in [0.1, 0.15) is 33.6 Å². The number of ether oxygens (including phenoxy) is 2. The van der Waals surface area contributed by atoms with Crippen LogP contribution < -0.4 is 10.1 Å². The van der Waals surface area contributed by atoms with Crippen LogP contribution in [-0.2, 0) is 11.2 Å². The van der Waals surface area contributed by atoms with E-state index in [0.717, 1.165) is 42.1 Å². The highest BCUT2D eigenvalue weighted by Gasteiger charge is 2.16. The van der Waals surface area contributed by atoms with Crippen molar-refractivity contribution in [3.63, 3.8) is 0 Å². The summed E-state index contributed by atoms with van der Waals surface area (Å²) in [6, 6.07) is 14.8. The molecule has 1 aromatic heterocycles. The minimum absolute atomic E-state index is 0.171. The van der Waals surface area contributed by atoms with Crippen molar-refractivity contribution in [1.82, 2.24) is 4.98 Å². The summed E-state index contributed by atoms with van der Waals surface area (Å²) in [6.45, 7) is 1.35. The Morgan fingerprint density at radius 3 is 2.72 bits per heavy atom. The Hall–Kier alpha value is -2.41. The normalized spacial score (nSPS) is 16.0. The lowest BCUT2D eigenvalue weighted by molar-refractivity contribution is 0.0679. The molecule has 0 saturated carbocycles. The number of hydrogen-bond acceptors (Lipinski definition) is 5. The molecule has 150 valence electrons. The zero-order valence-electron chi connectivity index (χ0n) is 15.8. The minimum Gasteiger partial charge on any atom is -0.491 e. The Morgan fingerprint density at radius 2 is 2.00 bits per heavy atom. The van der Waals surface area contributed by atoms with Crippen LogP contribution in [0.3, 0.4) is 0 Å². The second-order valence-electron chi connectivity index (χ2n) is 6.86. The number of amides is 1. The van der Waals surface area contributed by atoms with Crippen molar-refractivity contribution in [2.24, 2.45) is 0 Å². The molecule has 7 heteroatoms. The fourth-order valence-electron chi connectivity index (χ4n) is 3.09. The average molecular weight is 429 g/mol. The number of rotatable bonds is 7. The summed E-state index contributed by atoms with van der Waals surface area (Å²) in [4.78, 5) is 17.9. The lowest BCUT2D eigenvalue weighted by Gasteiger charge is -2.11. The maximum absolute atomic E-state index is 12.5. The Morgan fingerprint density at radius 1 is 1.21 bits per heavy atom. The van der Waals surface area contributed by atoms with Gasteiger partial charge in [-0.05, 0) is 54.8 Å². The molecule has 0 spiro atoms. The maximum atomic E-state index is 12.5. The topological polar surface area (TPSA) is 60.5 Å². The van der Waals surface area contributed by atoms with E-state index in [-0.39, 0.29) is 12.0 Å². The first-order valence-corrected chi connectivity index (χ1v) is 10.7. The molecule has 0 radical (unpaired) electrons. The molecule has 1 N–H and O–H groups in total. The van der Waals surface area contributed by atoms with Gasteiger partial charge in [-0.15, -0.1) is 11.3 Å². The number of benzene rings is 2. The molecule has 1 aliphatic rings. The number of thiazole rings is 1. The first kappa shape index (κ1) is 19.9. The van der Waals surface area contributed by atoms with Crippen LogP contribution >= 0.6 is 22.9 Å². The van der Waals surface area contributed by atoms with Gasteiger partial charge < -0.3 is 9.47 Å². The largest absolute Gasteiger partial charge is 0.491 e. The molecule has 4 rings (SSSR count). The van der Waals surface area contributed by atoms with Crippen molar-refractivity contribution in [3.8, 4) is 5.75 Å². The SMILES string of the molecule is O=C(Nc1ncc(Cc2ccc(Cl)cc2)s1)c1ccc(OCC2CCCO2)cc1. The molecule has 3 aromatic rings. The van der Waals surface area contributed by atoms with E-state index >= 15 is 0 Å². The van der Waals surface area contributed by atoms with Crippen LogP contribution in [0.2, 0.25) is 5.02 Å². The predicted molar refractivity (Wildman–Crippen MR) is 115 cm³/mol. The molecular weight excluding hydrogens is 408 g/mol. The molecule has 5 nitrogen and oxygen atoms in total. The van der Waals surface area contributed by atoms with Crippen molar-refractivity contribution in [1.29, 1.82) is 0 Å². The van der Waals surface area contributed by atoms with Crippen LogP contribution in [0.25, 0.3) is 0 Å². The van der Waals surface area contributed by atoms with Gasteiger partial charge in [0.05, 0.1) is 6.10 Å². The molecule has 1 amide bonds. The molecular formula is C22H21ClN2O3S. The number of hydrogen-bond donors (Lipinski definition) is 1. The van der Waals surface area contributed by atoms with Gasteiger partial charge in [-0.2, -0.15) is 0 Å². The summed E-state index contributed by atoms with van der Waals surface area (Å²) in [5, 5.41) is 4.15. The van der Waals surface area contributed by atoms with E-state index in [0.29, 0.717) is 22.3 Å². The Kier molecular flexibility index (Phi) is 6.44. The smallest absolute Gasteiger partial charge is 0.257 e. The Labute approximate surface area is 178 Å². The van der Waals surface area contributed by atoms with E-state index in [1.807, 2.05) is 24.3 Å². The quantitative estimate of drug-likeness (QED) is 0.562. The summed E-state index contributed by atoms with van der Waals surface area (Å²) in [6.07, 6.45) is 4.84. The summed E-state index contributed by atoms with van der Waals surface area (Å²) in [5.74, 6) is 0.541. The van der Waals surface area contributed by atoms with Gasteiger partial charge in [0.25, 0.3) is 5.91 Å². The monoisotopic (exact) mass is 428 g/mol. The van der Waals surface area contributed by atoms with Crippen LogP contribution in [0.15, 0.2) is 54.7 Å². The Bertz CT molecular complexity index is 951. The second kappa shape index (κ2) is 9.39. The van der Waals surface area contributed by atoms with Crippen molar-refractivity contribution in [3.05, 3.63) is 75.8 Å². The predicted octanol–water partition coefficient (Wildman–Crippen LogP) is 5.20. The van der Waals surface area contributed by atoms with Crippen molar-refractivity contribution < 1.29 is 14.3 Å². The highest BCUT2D eigenvalue weighted by molar-refractivity contribution is 7.15. The highest BCUT2D eigenvalue weighted by Crippen LogP contribution is 2.23. The summed E-state index contributed by atoms with van der Waals surface area (Å²) in [7, 11) is 0. The van der Waals surface area contributed by atoms with Crippen LogP contribution in [0.4, 0.5) is 5.13 Å². The van der Waals surface area contributed by atoms with Gasteiger partial charge >= 0.3 is 0 Å². The minimum atomic E-state index is -0.192. The lowest BCUT2D eigenvalue weighted by atomic mass is 10.1. The van der Waals surface area contributed by atoms with Crippen LogP contribution in [0.5, 0.6) is 5.75 Å². The molecule has 1 atom stereocenters. The zero-order valence-corrected chi connectivity index (χ0v) is 17.3. The van der Waals surface area contributed by atoms with Crippen molar-refractivity contribution in [2.75, 3.05) is 18.5 Å². The standard InChI is InChI=1S/C22H21ClN2O3S/c23-17-7-3-15(4-8-17)12-20-13-24-22(29-20)25-21(26)16-5-9-18(10-6-16)28-14-19-2-1-11-27-19/h3-10,13,19H,1-2,11-12,14H2,(H,24,25,26). The van der Waals surface area contributed by atoms with E-state index < -0.39 is 0 Å². The number of nitrogens with one attached hydrogen (secondary N) is 1. The van der Waals surface area contributed by atoms with Gasteiger partial charge in [0.2, 0.25) is 0 Å². The van der Waals surface area contributed by atoms with Gasteiger partial charge in [0.15, 0.2) is 5.13 Å². The van der Waals surface area contributed by atoms with Gasteiger partial charge in [-0.1, -0.05) is 23.7 Å². The number of halogens is 1. The molecule has 2 heterocycles. The van der Waals surface area contributed by atoms with Crippen LogP contribution in [-0.4, -0.2) is 30.2 Å². The fraction of sp³-hybridized carbons (Fsp3) is 0.273. The Balaban J connectivity index is 1.30. The third kappa shape index (κ3) is 5.56. The molecule has 0 aliphatic carbocycles. The maximum Gasteiger partial charge on any atom is 0.257 e. The lowest BCUT2D eigenvalue weighted by Crippen LogP contribution is -2.16. The highest BCUT2D eigenvalue weighted by atomic mass is 35.5. The van der Waals surface area contributed by atoms with Gasteiger partial charge in [0.1, 0.15) is 12.4 Å². The van der Waals surface area contributed by atoms with Gasteiger partial charge in [-0.3, -0.25) is 10.1 Å². The zero-order chi connectivity index (χ0) is 20.1.